The lowest BCUT2D eigenvalue weighted by atomic mass is 10.1. The van der Waals surface area contributed by atoms with Gasteiger partial charge in [0.2, 0.25) is 5.25 Å². The Morgan fingerprint density at radius 1 is 1.32 bits per heavy atom. The Morgan fingerprint density at radius 2 is 2.00 bits per heavy atom. The van der Waals surface area contributed by atoms with Gasteiger partial charge in [-0.2, -0.15) is 4.72 Å². The van der Waals surface area contributed by atoms with Gasteiger partial charge in [-0.15, -0.1) is 0 Å². The molecular weight excluding hydrogens is 345 g/mol. The van der Waals surface area contributed by atoms with Gasteiger partial charge in [0, 0.05) is 16.5 Å². The molecule has 22 heavy (non-hydrogen) atoms. The Kier molecular flexibility index (Phi) is 6.41. The van der Waals surface area contributed by atoms with Gasteiger partial charge in [0.1, 0.15) is 16.8 Å². The van der Waals surface area contributed by atoms with Gasteiger partial charge in [-0.1, -0.05) is 29.3 Å². The molecule has 120 valence electrons. The topological polar surface area (TPSA) is 55.4 Å². The number of carbonyl (C=O) groups is 2. The molecule has 0 aromatic heterocycles. The smallest absolute Gasteiger partial charge is 0.361 e. The fraction of sp³-hybridized carbons (Fsp3) is 0.467. The third-order valence-corrected chi connectivity index (χ3v) is 6.57. The zero-order chi connectivity index (χ0) is 16.1. The molecule has 0 saturated carbocycles. The molecule has 1 aromatic rings. The van der Waals surface area contributed by atoms with Crippen LogP contribution >= 0.6 is 23.2 Å². The van der Waals surface area contributed by atoms with Crippen LogP contribution in [0.25, 0.3) is 0 Å². The van der Waals surface area contributed by atoms with Crippen LogP contribution in [0.2, 0.25) is 10.0 Å². The molecule has 1 saturated heterocycles. The van der Waals surface area contributed by atoms with Gasteiger partial charge in [-0.3, -0.25) is 4.79 Å². The van der Waals surface area contributed by atoms with Crippen LogP contribution in [0.1, 0.15) is 24.8 Å². The fourth-order valence-corrected chi connectivity index (χ4v) is 5.12. The van der Waals surface area contributed by atoms with E-state index in [1.165, 1.54) is 7.11 Å². The summed E-state index contributed by atoms with van der Waals surface area (Å²) in [6.45, 7) is 0. The minimum Gasteiger partial charge on any atom is -0.465 e. The molecule has 0 radical (unpaired) electrons. The highest BCUT2D eigenvalue weighted by Gasteiger charge is 2.42. The van der Waals surface area contributed by atoms with Gasteiger partial charge in [-0.25, -0.2) is 4.79 Å². The van der Waals surface area contributed by atoms with Crippen LogP contribution in [0.15, 0.2) is 18.2 Å². The lowest BCUT2D eigenvalue weighted by Gasteiger charge is -2.21. The van der Waals surface area contributed by atoms with Crippen molar-refractivity contribution in [2.24, 2.45) is 0 Å². The second-order valence-electron chi connectivity index (χ2n) is 5.04. The molecule has 1 aliphatic rings. The number of halogens is 2. The number of carbonyl (C=O) groups excluding carboxylic acids is 2. The van der Waals surface area contributed by atoms with E-state index in [0.29, 0.717) is 15.6 Å². The quantitative estimate of drug-likeness (QED) is 0.661. The molecule has 2 rings (SSSR count). The highest BCUT2D eigenvalue weighted by Crippen LogP contribution is 2.25. The number of benzene rings is 1. The van der Waals surface area contributed by atoms with Crippen molar-refractivity contribution in [3.05, 3.63) is 33.8 Å². The van der Waals surface area contributed by atoms with Crippen LogP contribution < -0.4 is 4.72 Å². The average molecular weight is 363 g/mol. The van der Waals surface area contributed by atoms with Crippen molar-refractivity contribution in [1.29, 1.82) is 0 Å². The van der Waals surface area contributed by atoms with E-state index in [4.69, 9.17) is 27.9 Å². The second-order valence-corrected chi connectivity index (χ2v) is 7.90. The largest absolute Gasteiger partial charge is 0.465 e. The standard InChI is InChI=1S/C15H17Cl2NO3S/c1-21-15(20)13-7-2-3-8-22(13)18-14(19)9-10-11(16)5-4-6-12(10)17/h4-6,13H,2-3,7-9H2,1H3/p+1. The number of methoxy groups -OCH3 is 1. The molecule has 2 unspecified atom stereocenters. The summed E-state index contributed by atoms with van der Waals surface area (Å²) < 4.78 is 7.79. The van der Waals surface area contributed by atoms with Gasteiger partial charge in [-0.05, 0) is 30.5 Å². The van der Waals surface area contributed by atoms with Gasteiger partial charge in [0.25, 0.3) is 5.91 Å². The highest BCUT2D eigenvalue weighted by molar-refractivity contribution is 7.96. The van der Waals surface area contributed by atoms with E-state index in [9.17, 15) is 9.59 Å². The summed E-state index contributed by atoms with van der Waals surface area (Å²) in [7, 11) is 1.38. The van der Waals surface area contributed by atoms with Crippen LogP contribution in [0.4, 0.5) is 0 Å². The Labute approximate surface area is 143 Å². The van der Waals surface area contributed by atoms with Crippen LogP contribution in [0.3, 0.4) is 0 Å². The van der Waals surface area contributed by atoms with E-state index in [1.54, 1.807) is 18.2 Å². The first-order valence-electron chi connectivity index (χ1n) is 7.03. The number of hydrogen-bond acceptors (Lipinski definition) is 3. The monoisotopic (exact) mass is 362 g/mol. The summed E-state index contributed by atoms with van der Waals surface area (Å²) in [6, 6.07) is 5.15. The molecule has 0 aliphatic carbocycles. The summed E-state index contributed by atoms with van der Waals surface area (Å²) in [5, 5.41) is 0.697. The van der Waals surface area contributed by atoms with Crippen LogP contribution in [-0.4, -0.2) is 30.0 Å². The maximum absolute atomic E-state index is 12.3. The average Bonchev–Trinajstić information content (AvgIpc) is 2.51. The molecule has 1 heterocycles. The number of esters is 1. The van der Waals surface area contributed by atoms with Crippen LogP contribution in [-0.2, 0) is 31.8 Å². The molecule has 4 nitrogen and oxygen atoms in total. The highest BCUT2D eigenvalue weighted by atomic mass is 35.5. The zero-order valence-electron chi connectivity index (χ0n) is 12.2. The van der Waals surface area contributed by atoms with Crippen molar-refractivity contribution >= 4 is 46.2 Å². The molecule has 7 heteroatoms. The summed E-state index contributed by atoms with van der Waals surface area (Å²) in [5.41, 5.74) is 0.610. The number of ether oxygens (including phenoxy) is 1. The lowest BCUT2D eigenvalue weighted by Crippen LogP contribution is -2.47. The first-order chi connectivity index (χ1) is 10.5. The van der Waals surface area contributed by atoms with E-state index in [1.807, 2.05) is 0 Å². The summed E-state index contributed by atoms with van der Waals surface area (Å²) in [5.74, 6) is 0.384. The first-order valence-corrected chi connectivity index (χ1v) is 9.24. The first kappa shape index (κ1) is 17.4. The minimum atomic E-state index is -0.490. The predicted molar refractivity (Wildman–Crippen MR) is 90.2 cm³/mol. The second kappa shape index (κ2) is 8.09. The Hall–Kier alpha value is -0.910. The molecule has 1 fully saturated rings. The SMILES string of the molecule is COC(=O)C1CCCC[S+]1NC(=O)Cc1c(Cl)cccc1Cl. The van der Waals surface area contributed by atoms with Crippen molar-refractivity contribution in [3.63, 3.8) is 0 Å². The number of rotatable bonds is 4. The number of hydrogen-bond donors (Lipinski definition) is 1. The Bertz CT molecular complexity index is 547. The van der Waals surface area contributed by atoms with E-state index >= 15 is 0 Å². The van der Waals surface area contributed by atoms with Crippen LogP contribution in [0.5, 0.6) is 0 Å². The van der Waals surface area contributed by atoms with Gasteiger partial charge >= 0.3 is 5.97 Å². The van der Waals surface area contributed by atoms with E-state index in [-0.39, 0.29) is 23.5 Å². The predicted octanol–water partition coefficient (Wildman–Crippen LogP) is 2.91. The van der Waals surface area contributed by atoms with Crippen molar-refractivity contribution in [2.45, 2.75) is 30.9 Å². The molecule has 1 aromatic carbocycles. The Balaban J connectivity index is 2.02. The van der Waals surface area contributed by atoms with E-state index in [2.05, 4.69) is 4.72 Å². The molecule has 0 spiro atoms. The Morgan fingerprint density at radius 3 is 2.64 bits per heavy atom. The third-order valence-electron chi connectivity index (χ3n) is 3.53. The van der Waals surface area contributed by atoms with Gasteiger partial charge in [0.05, 0.1) is 13.5 Å². The summed E-state index contributed by atoms with van der Waals surface area (Å²) in [4.78, 5) is 24.1. The zero-order valence-corrected chi connectivity index (χ0v) is 14.6. The number of nitrogens with one attached hydrogen (secondary N) is 1. The summed E-state index contributed by atoms with van der Waals surface area (Å²) in [6.07, 6.45) is 2.85. The molecular formula is C15H18Cl2NO3S+. The third kappa shape index (κ3) is 4.31. The van der Waals surface area contributed by atoms with Gasteiger partial charge in [0.15, 0.2) is 0 Å². The van der Waals surface area contributed by atoms with Crippen molar-refractivity contribution in [3.8, 4) is 0 Å². The summed E-state index contributed by atoms with van der Waals surface area (Å²) >= 11 is 11.7. The number of amides is 1. The van der Waals surface area contributed by atoms with E-state index < -0.39 is 11.1 Å². The lowest BCUT2D eigenvalue weighted by molar-refractivity contribution is -0.140. The maximum atomic E-state index is 12.3. The maximum Gasteiger partial charge on any atom is 0.361 e. The normalized spacial score (nSPS) is 21.2. The van der Waals surface area contributed by atoms with Crippen LogP contribution in [0, 0.1) is 0 Å². The van der Waals surface area contributed by atoms with Crippen molar-refractivity contribution < 1.29 is 14.3 Å². The van der Waals surface area contributed by atoms with E-state index in [0.717, 1.165) is 25.0 Å². The molecule has 1 aliphatic heterocycles. The molecule has 1 N–H and O–H groups in total. The minimum absolute atomic E-state index is 0.107. The molecule has 0 bridgehead atoms. The molecule has 1 amide bonds. The molecule has 2 atom stereocenters. The van der Waals surface area contributed by atoms with Crippen molar-refractivity contribution in [1.82, 2.24) is 4.72 Å². The fourth-order valence-electron chi connectivity index (χ4n) is 2.40. The van der Waals surface area contributed by atoms with Crippen molar-refractivity contribution in [2.75, 3.05) is 12.9 Å². The van der Waals surface area contributed by atoms with Gasteiger partial charge < -0.3 is 4.74 Å².